The predicted octanol–water partition coefficient (Wildman–Crippen LogP) is 1.63. The highest BCUT2D eigenvalue weighted by molar-refractivity contribution is 7.92. The second-order valence-electron chi connectivity index (χ2n) is 8.98. The van der Waals surface area contributed by atoms with Crippen LogP contribution >= 0.6 is 0 Å². The number of amides is 4. The summed E-state index contributed by atoms with van der Waals surface area (Å²) in [6.45, 7) is 2.39. The Bertz CT molecular complexity index is 1050. The van der Waals surface area contributed by atoms with Gasteiger partial charge in [-0.2, -0.15) is 4.31 Å². The Morgan fingerprint density at radius 3 is 2.48 bits per heavy atom. The van der Waals surface area contributed by atoms with Gasteiger partial charge >= 0.3 is 6.03 Å². The van der Waals surface area contributed by atoms with E-state index in [1.165, 1.54) is 14.6 Å². The highest BCUT2D eigenvalue weighted by atomic mass is 32.2. The Labute approximate surface area is 194 Å². The first kappa shape index (κ1) is 23.4. The monoisotopic (exact) mass is 474 g/mol. The van der Waals surface area contributed by atoms with Gasteiger partial charge in [0.05, 0.1) is 0 Å². The fourth-order valence-corrected chi connectivity index (χ4v) is 6.05. The molecule has 178 valence electrons. The third-order valence-electron chi connectivity index (χ3n) is 6.98. The van der Waals surface area contributed by atoms with Gasteiger partial charge in [-0.15, -0.1) is 0 Å². The first-order valence-electron chi connectivity index (χ1n) is 11.4. The number of nitrogens with one attached hydrogen (secondary N) is 1. The molecule has 33 heavy (non-hydrogen) atoms. The van der Waals surface area contributed by atoms with E-state index in [2.05, 4.69) is 5.32 Å². The largest absolute Gasteiger partial charge is 0.338 e. The Hall–Kier alpha value is -2.72. The van der Waals surface area contributed by atoms with Gasteiger partial charge in [-0.3, -0.25) is 14.5 Å². The van der Waals surface area contributed by atoms with Crippen molar-refractivity contribution in [1.29, 1.82) is 0 Å². The molecule has 4 rings (SSSR count). The van der Waals surface area contributed by atoms with Crippen LogP contribution in [0.15, 0.2) is 35.7 Å². The molecule has 3 fully saturated rings. The normalized spacial score (nSPS) is 26.9. The van der Waals surface area contributed by atoms with Crippen molar-refractivity contribution in [3.05, 3.63) is 41.3 Å². The van der Waals surface area contributed by atoms with E-state index in [9.17, 15) is 22.8 Å². The van der Waals surface area contributed by atoms with Crippen molar-refractivity contribution in [2.45, 2.75) is 38.1 Å². The Morgan fingerprint density at radius 1 is 1.12 bits per heavy atom. The molecule has 0 aromatic heterocycles. The van der Waals surface area contributed by atoms with Crippen molar-refractivity contribution in [1.82, 2.24) is 19.4 Å². The molecule has 1 aliphatic carbocycles. The molecule has 2 saturated heterocycles. The van der Waals surface area contributed by atoms with Crippen LogP contribution in [0, 0.1) is 5.92 Å². The summed E-state index contributed by atoms with van der Waals surface area (Å²) in [5.74, 6) is -0.642. The first-order chi connectivity index (χ1) is 15.7. The SMILES string of the molecule is CC1CCCCC12NC(=O)N(CC(=O)N1CCN(S(=O)(=O)C=Cc3ccccc3)CC1)C2=O. The van der Waals surface area contributed by atoms with Crippen LogP contribution in [0.4, 0.5) is 4.79 Å². The summed E-state index contributed by atoms with van der Waals surface area (Å²) in [5.41, 5.74) is -0.110. The molecule has 10 heteroatoms. The van der Waals surface area contributed by atoms with Crippen molar-refractivity contribution < 1.29 is 22.8 Å². The zero-order chi connectivity index (χ0) is 23.6. The number of sulfonamides is 1. The molecule has 1 N–H and O–H groups in total. The third-order valence-corrected chi connectivity index (χ3v) is 8.54. The van der Waals surface area contributed by atoms with Crippen LogP contribution in [0.2, 0.25) is 0 Å². The number of nitrogens with zero attached hydrogens (tertiary/aromatic N) is 3. The summed E-state index contributed by atoms with van der Waals surface area (Å²) in [4.78, 5) is 41.0. The van der Waals surface area contributed by atoms with Crippen LogP contribution in [-0.4, -0.2) is 78.6 Å². The molecule has 1 spiro atoms. The molecule has 2 heterocycles. The molecule has 9 nitrogen and oxygen atoms in total. The van der Waals surface area contributed by atoms with Crippen molar-refractivity contribution in [2.75, 3.05) is 32.7 Å². The summed E-state index contributed by atoms with van der Waals surface area (Å²) in [7, 11) is -3.61. The summed E-state index contributed by atoms with van der Waals surface area (Å²) in [6, 6.07) is 8.64. The second-order valence-corrected chi connectivity index (χ2v) is 10.8. The highest BCUT2D eigenvalue weighted by Gasteiger charge is 2.55. The van der Waals surface area contributed by atoms with Crippen LogP contribution in [0.3, 0.4) is 0 Å². The molecule has 2 unspecified atom stereocenters. The van der Waals surface area contributed by atoms with Gasteiger partial charge in [0.25, 0.3) is 5.91 Å². The summed E-state index contributed by atoms with van der Waals surface area (Å²) < 4.78 is 26.6. The fraction of sp³-hybridized carbons (Fsp3) is 0.522. The van der Waals surface area contributed by atoms with Gasteiger partial charge in [0.1, 0.15) is 12.1 Å². The van der Waals surface area contributed by atoms with E-state index in [-0.39, 0.29) is 50.5 Å². The van der Waals surface area contributed by atoms with E-state index < -0.39 is 21.6 Å². The minimum absolute atomic E-state index is 0.0282. The van der Waals surface area contributed by atoms with Gasteiger partial charge in [0, 0.05) is 31.6 Å². The van der Waals surface area contributed by atoms with Gasteiger partial charge < -0.3 is 10.2 Å². The number of hydrogen-bond acceptors (Lipinski definition) is 5. The van der Waals surface area contributed by atoms with Gasteiger partial charge in [-0.1, -0.05) is 50.1 Å². The number of benzene rings is 1. The van der Waals surface area contributed by atoms with Crippen molar-refractivity contribution >= 4 is 33.9 Å². The molecule has 2 aliphatic heterocycles. The standard InChI is InChI=1S/C23H30N4O5S/c1-18-7-5-6-11-23(18)21(29)27(22(30)24-23)17-20(28)25-12-14-26(15-13-25)33(31,32)16-10-19-8-3-2-4-9-19/h2-4,8-10,16,18H,5-7,11-15,17H2,1H3,(H,24,30). The number of piperazine rings is 1. The van der Waals surface area contributed by atoms with Crippen LogP contribution in [0.5, 0.6) is 0 Å². The second kappa shape index (κ2) is 9.26. The maximum atomic E-state index is 13.1. The average molecular weight is 475 g/mol. The van der Waals surface area contributed by atoms with Crippen molar-refractivity contribution in [3.8, 4) is 0 Å². The lowest BCUT2D eigenvalue weighted by atomic mass is 9.73. The lowest BCUT2D eigenvalue weighted by molar-refractivity contribution is -0.141. The zero-order valence-electron chi connectivity index (χ0n) is 18.8. The minimum Gasteiger partial charge on any atom is -0.338 e. The lowest BCUT2D eigenvalue weighted by Crippen LogP contribution is -2.55. The number of imide groups is 1. The van der Waals surface area contributed by atoms with Gasteiger partial charge in [0.2, 0.25) is 15.9 Å². The number of rotatable bonds is 5. The molecule has 1 aromatic carbocycles. The van der Waals surface area contributed by atoms with Gasteiger partial charge in [-0.05, 0) is 30.4 Å². The Morgan fingerprint density at radius 2 is 1.82 bits per heavy atom. The number of urea groups is 1. The van der Waals surface area contributed by atoms with E-state index in [1.807, 2.05) is 37.3 Å². The number of carbonyl (C=O) groups is 3. The highest BCUT2D eigenvalue weighted by Crippen LogP contribution is 2.38. The summed E-state index contributed by atoms with van der Waals surface area (Å²) >= 11 is 0. The van der Waals surface area contributed by atoms with Crippen LogP contribution < -0.4 is 5.32 Å². The van der Waals surface area contributed by atoms with Crippen LogP contribution in [0.1, 0.15) is 38.2 Å². The van der Waals surface area contributed by atoms with E-state index >= 15 is 0 Å². The molecule has 0 bridgehead atoms. The average Bonchev–Trinajstić information content (AvgIpc) is 3.05. The predicted molar refractivity (Wildman–Crippen MR) is 123 cm³/mol. The summed E-state index contributed by atoms with van der Waals surface area (Å²) in [6.07, 6.45) is 4.90. The zero-order valence-corrected chi connectivity index (χ0v) is 19.6. The quantitative estimate of drug-likeness (QED) is 0.653. The maximum absolute atomic E-state index is 13.1. The van der Waals surface area contributed by atoms with E-state index in [4.69, 9.17) is 0 Å². The topological polar surface area (TPSA) is 107 Å². The number of carbonyl (C=O) groups excluding carboxylic acids is 3. The van der Waals surface area contributed by atoms with Crippen molar-refractivity contribution in [3.63, 3.8) is 0 Å². The Balaban J connectivity index is 1.34. The minimum atomic E-state index is -3.61. The lowest BCUT2D eigenvalue weighted by Gasteiger charge is -2.37. The van der Waals surface area contributed by atoms with Gasteiger partial charge in [-0.25, -0.2) is 13.2 Å². The van der Waals surface area contributed by atoms with Crippen molar-refractivity contribution in [2.24, 2.45) is 5.92 Å². The summed E-state index contributed by atoms with van der Waals surface area (Å²) in [5, 5.41) is 4.03. The van der Waals surface area contributed by atoms with E-state index in [1.54, 1.807) is 6.08 Å². The molecule has 3 aliphatic rings. The van der Waals surface area contributed by atoms with E-state index in [0.29, 0.717) is 6.42 Å². The molecular formula is C23H30N4O5S. The molecule has 1 aromatic rings. The maximum Gasteiger partial charge on any atom is 0.325 e. The van der Waals surface area contributed by atoms with Gasteiger partial charge in [0.15, 0.2) is 0 Å². The fourth-order valence-electron chi connectivity index (χ4n) is 4.88. The van der Waals surface area contributed by atoms with E-state index in [0.717, 1.165) is 29.7 Å². The third kappa shape index (κ3) is 4.67. The molecule has 0 radical (unpaired) electrons. The number of hydrogen-bond donors (Lipinski definition) is 1. The molecule has 1 saturated carbocycles. The molecular weight excluding hydrogens is 444 g/mol. The Kier molecular flexibility index (Phi) is 6.58. The first-order valence-corrected chi connectivity index (χ1v) is 12.9. The van der Waals surface area contributed by atoms with Crippen LogP contribution in [0.25, 0.3) is 6.08 Å². The molecule has 4 amide bonds. The van der Waals surface area contributed by atoms with Crippen LogP contribution in [-0.2, 0) is 19.6 Å². The molecule has 2 atom stereocenters. The smallest absolute Gasteiger partial charge is 0.325 e.